The van der Waals surface area contributed by atoms with Crippen molar-refractivity contribution in [3.8, 4) is 0 Å². The summed E-state index contributed by atoms with van der Waals surface area (Å²) >= 11 is 0. The quantitative estimate of drug-likeness (QED) is 0.743. The number of nitrogens with zero attached hydrogens (tertiary/aromatic N) is 1. The third-order valence-electron chi connectivity index (χ3n) is 4.19. The van der Waals surface area contributed by atoms with Gasteiger partial charge >= 0.3 is 0 Å². The lowest BCUT2D eigenvalue weighted by molar-refractivity contribution is 0.445. The second-order valence-corrected chi connectivity index (χ2v) is 9.52. The highest BCUT2D eigenvalue weighted by molar-refractivity contribution is 7.89. The van der Waals surface area contributed by atoms with Crippen LogP contribution in [0.3, 0.4) is 0 Å². The fourth-order valence-corrected chi connectivity index (χ4v) is 5.03. The molecule has 0 unspecified atom stereocenters. The Morgan fingerprint density at radius 3 is 1.92 bits per heavy atom. The van der Waals surface area contributed by atoms with Gasteiger partial charge in [0, 0.05) is 19.6 Å². The zero-order chi connectivity index (χ0) is 19.4. The van der Waals surface area contributed by atoms with Crippen LogP contribution in [-0.2, 0) is 26.6 Å². The minimum Gasteiger partial charge on any atom is -0.207 e. The molecule has 1 N–H and O–H groups in total. The SMILES string of the molecule is CCN(CC)S(=O)(=O)c1ccc(S(=O)(=O)NCc2ccccc2C)cc1. The first-order valence-electron chi connectivity index (χ1n) is 8.36. The number of sulfonamides is 2. The first-order valence-corrected chi connectivity index (χ1v) is 11.3. The number of aryl methyl sites for hydroxylation is 1. The molecule has 6 nitrogen and oxygen atoms in total. The molecule has 0 aliphatic rings. The summed E-state index contributed by atoms with van der Waals surface area (Å²) in [5.74, 6) is 0. The molecule has 0 amide bonds. The van der Waals surface area contributed by atoms with Gasteiger partial charge in [-0.15, -0.1) is 0 Å². The van der Waals surface area contributed by atoms with Gasteiger partial charge in [0.05, 0.1) is 9.79 Å². The van der Waals surface area contributed by atoms with Crippen molar-refractivity contribution >= 4 is 20.0 Å². The molecule has 0 aliphatic heterocycles. The van der Waals surface area contributed by atoms with E-state index >= 15 is 0 Å². The largest absolute Gasteiger partial charge is 0.243 e. The van der Waals surface area contributed by atoms with Crippen LogP contribution in [0.2, 0.25) is 0 Å². The van der Waals surface area contributed by atoms with Gasteiger partial charge in [-0.05, 0) is 42.3 Å². The van der Waals surface area contributed by atoms with Gasteiger partial charge in [-0.2, -0.15) is 4.31 Å². The Labute approximate surface area is 156 Å². The van der Waals surface area contributed by atoms with E-state index < -0.39 is 20.0 Å². The highest BCUT2D eigenvalue weighted by atomic mass is 32.2. The van der Waals surface area contributed by atoms with E-state index in [0.717, 1.165) is 11.1 Å². The lowest BCUT2D eigenvalue weighted by atomic mass is 10.1. The van der Waals surface area contributed by atoms with Gasteiger partial charge in [0.25, 0.3) is 0 Å². The number of nitrogens with one attached hydrogen (secondary N) is 1. The van der Waals surface area contributed by atoms with Gasteiger partial charge in [-0.1, -0.05) is 38.1 Å². The van der Waals surface area contributed by atoms with Crippen molar-refractivity contribution in [2.45, 2.75) is 37.1 Å². The van der Waals surface area contributed by atoms with Crippen molar-refractivity contribution in [3.63, 3.8) is 0 Å². The van der Waals surface area contributed by atoms with Crippen molar-refractivity contribution in [2.75, 3.05) is 13.1 Å². The van der Waals surface area contributed by atoms with Crippen molar-refractivity contribution in [3.05, 3.63) is 59.7 Å². The Balaban J connectivity index is 2.20. The number of hydrogen-bond acceptors (Lipinski definition) is 4. The molecule has 0 aliphatic carbocycles. The molecule has 142 valence electrons. The van der Waals surface area contributed by atoms with E-state index in [9.17, 15) is 16.8 Å². The lowest BCUT2D eigenvalue weighted by Gasteiger charge is -2.18. The van der Waals surface area contributed by atoms with Gasteiger partial charge in [-0.25, -0.2) is 21.6 Å². The summed E-state index contributed by atoms with van der Waals surface area (Å²) in [5.41, 5.74) is 1.88. The average molecular weight is 397 g/mol. The fourth-order valence-electron chi connectivity index (χ4n) is 2.57. The maximum atomic E-state index is 12.5. The zero-order valence-corrected chi connectivity index (χ0v) is 16.8. The maximum Gasteiger partial charge on any atom is 0.243 e. The summed E-state index contributed by atoms with van der Waals surface area (Å²) in [6.07, 6.45) is 0. The monoisotopic (exact) mass is 396 g/mol. The van der Waals surface area contributed by atoms with Crippen LogP contribution in [0.1, 0.15) is 25.0 Å². The second-order valence-electron chi connectivity index (χ2n) is 5.81. The number of rotatable bonds is 8. The van der Waals surface area contributed by atoms with E-state index in [1.54, 1.807) is 13.8 Å². The lowest BCUT2D eigenvalue weighted by Crippen LogP contribution is -2.30. The molecule has 0 saturated heterocycles. The first kappa shape index (κ1) is 20.6. The minimum absolute atomic E-state index is 0.0320. The summed E-state index contributed by atoms with van der Waals surface area (Å²) in [4.78, 5) is 0.114. The molecule has 0 saturated carbocycles. The molecule has 2 aromatic rings. The van der Waals surface area contributed by atoms with E-state index in [-0.39, 0.29) is 16.3 Å². The molecule has 0 atom stereocenters. The van der Waals surface area contributed by atoms with Crippen LogP contribution < -0.4 is 4.72 Å². The van der Waals surface area contributed by atoms with E-state index in [2.05, 4.69) is 4.72 Å². The molecular weight excluding hydrogens is 372 g/mol. The first-order chi connectivity index (χ1) is 12.2. The van der Waals surface area contributed by atoms with Crippen LogP contribution in [0.4, 0.5) is 0 Å². The molecule has 26 heavy (non-hydrogen) atoms. The maximum absolute atomic E-state index is 12.5. The fraction of sp³-hybridized carbons (Fsp3) is 0.333. The molecule has 2 aromatic carbocycles. The molecule has 0 radical (unpaired) electrons. The standard InChI is InChI=1S/C18H24N2O4S2/c1-4-20(5-2)26(23,24)18-12-10-17(11-13-18)25(21,22)19-14-16-9-7-6-8-15(16)3/h6-13,19H,4-5,14H2,1-3H3. The van der Waals surface area contributed by atoms with E-state index in [0.29, 0.717) is 13.1 Å². The van der Waals surface area contributed by atoms with Gasteiger partial charge < -0.3 is 0 Å². The van der Waals surface area contributed by atoms with Crippen LogP contribution in [0, 0.1) is 6.92 Å². The summed E-state index contributed by atoms with van der Waals surface area (Å²) < 4.78 is 53.7. The molecule has 0 spiro atoms. The molecule has 0 heterocycles. The number of hydrogen-bond donors (Lipinski definition) is 1. The van der Waals surface area contributed by atoms with Gasteiger partial charge in [0.1, 0.15) is 0 Å². The highest BCUT2D eigenvalue weighted by Gasteiger charge is 2.22. The van der Waals surface area contributed by atoms with Gasteiger partial charge in [-0.3, -0.25) is 0 Å². The van der Waals surface area contributed by atoms with Crippen LogP contribution in [0.25, 0.3) is 0 Å². The van der Waals surface area contributed by atoms with Crippen molar-refractivity contribution in [1.82, 2.24) is 9.03 Å². The van der Waals surface area contributed by atoms with Crippen LogP contribution >= 0.6 is 0 Å². The highest BCUT2D eigenvalue weighted by Crippen LogP contribution is 2.18. The van der Waals surface area contributed by atoms with E-state index in [1.165, 1.54) is 28.6 Å². The Hall–Kier alpha value is -1.74. The van der Waals surface area contributed by atoms with Crippen molar-refractivity contribution in [1.29, 1.82) is 0 Å². The topological polar surface area (TPSA) is 83.6 Å². The molecule has 8 heteroatoms. The van der Waals surface area contributed by atoms with Crippen molar-refractivity contribution in [2.24, 2.45) is 0 Å². The van der Waals surface area contributed by atoms with Crippen LogP contribution in [0.15, 0.2) is 58.3 Å². The van der Waals surface area contributed by atoms with Crippen molar-refractivity contribution < 1.29 is 16.8 Å². The molecule has 0 aromatic heterocycles. The molecular formula is C18H24N2O4S2. The summed E-state index contributed by atoms with van der Waals surface area (Å²) in [5, 5.41) is 0. The molecule has 2 rings (SSSR count). The minimum atomic E-state index is -3.73. The van der Waals surface area contributed by atoms with Gasteiger partial charge in [0.2, 0.25) is 20.0 Å². The van der Waals surface area contributed by atoms with E-state index in [1.807, 2.05) is 31.2 Å². The third-order valence-corrected chi connectivity index (χ3v) is 7.67. The molecule has 0 bridgehead atoms. The second kappa shape index (κ2) is 8.30. The van der Waals surface area contributed by atoms with Gasteiger partial charge in [0.15, 0.2) is 0 Å². The number of benzene rings is 2. The van der Waals surface area contributed by atoms with Crippen LogP contribution in [0.5, 0.6) is 0 Å². The average Bonchev–Trinajstić information content (AvgIpc) is 2.62. The Morgan fingerprint density at radius 1 is 0.846 bits per heavy atom. The molecule has 0 fully saturated rings. The predicted octanol–water partition coefficient (Wildman–Crippen LogP) is 2.50. The Bertz CT molecular complexity index is 949. The van der Waals surface area contributed by atoms with Crippen LogP contribution in [-0.4, -0.2) is 34.2 Å². The normalized spacial score (nSPS) is 12.5. The Kier molecular flexibility index (Phi) is 6.57. The third kappa shape index (κ3) is 4.50. The van der Waals surface area contributed by atoms with E-state index in [4.69, 9.17) is 0 Å². The predicted molar refractivity (Wildman–Crippen MR) is 102 cm³/mol. The smallest absolute Gasteiger partial charge is 0.207 e. The summed E-state index contributed by atoms with van der Waals surface area (Å²) in [7, 11) is -7.33. The zero-order valence-electron chi connectivity index (χ0n) is 15.1. The summed E-state index contributed by atoms with van der Waals surface area (Å²) in [6.45, 7) is 6.32. The Morgan fingerprint density at radius 2 is 1.38 bits per heavy atom. The summed E-state index contributed by atoms with van der Waals surface area (Å²) in [6, 6.07) is 12.8.